The Balaban J connectivity index is 1.58. The quantitative estimate of drug-likeness (QED) is 0.374. The highest BCUT2D eigenvalue weighted by Crippen LogP contribution is 2.31. The van der Waals surface area contributed by atoms with Crippen LogP contribution in [0.2, 0.25) is 0 Å². The Labute approximate surface area is 207 Å². The molecule has 0 saturated carbocycles. The second-order valence-electron chi connectivity index (χ2n) is 8.52. The van der Waals surface area contributed by atoms with E-state index in [0.717, 1.165) is 16.7 Å². The van der Waals surface area contributed by atoms with E-state index in [1.54, 1.807) is 14.2 Å². The molecule has 1 aliphatic rings. The molecule has 1 fully saturated rings. The van der Waals surface area contributed by atoms with Gasteiger partial charge in [0.15, 0.2) is 6.29 Å². The number of ether oxygens (including phenoxy) is 6. The number of hydrogen-bond donors (Lipinski definition) is 0. The fourth-order valence-electron chi connectivity index (χ4n) is 4.23. The second kappa shape index (κ2) is 13.5. The summed E-state index contributed by atoms with van der Waals surface area (Å²) in [5.74, 6) is 0. The van der Waals surface area contributed by atoms with Crippen molar-refractivity contribution in [3.8, 4) is 0 Å². The van der Waals surface area contributed by atoms with Gasteiger partial charge in [0.2, 0.25) is 0 Å². The summed E-state index contributed by atoms with van der Waals surface area (Å²) in [6.45, 7) is 1.58. The molecule has 35 heavy (non-hydrogen) atoms. The Morgan fingerprint density at radius 3 is 1.43 bits per heavy atom. The molecule has 0 spiro atoms. The van der Waals surface area contributed by atoms with Gasteiger partial charge in [0.25, 0.3) is 0 Å². The zero-order valence-corrected chi connectivity index (χ0v) is 20.3. The second-order valence-corrected chi connectivity index (χ2v) is 8.52. The molecule has 1 saturated heterocycles. The third-order valence-electron chi connectivity index (χ3n) is 6.01. The lowest BCUT2D eigenvalue weighted by molar-refractivity contribution is -0.322. The van der Waals surface area contributed by atoms with Crippen LogP contribution in [-0.4, -0.2) is 51.5 Å². The van der Waals surface area contributed by atoms with Crippen LogP contribution in [0.5, 0.6) is 0 Å². The molecule has 0 aromatic heterocycles. The van der Waals surface area contributed by atoms with Crippen molar-refractivity contribution >= 4 is 0 Å². The van der Waals surface area contributed by atoms with Crippen molar-refractivity contribution in [1.82, 2.24) is 0 Å². The molecule has 5 atom stereocenters. The predicted molar refractivity (Wildman–Crippen MR) is 133 cm³/mol. The Kier molecular flexibility index (Phi) is 9.84. The molecule has 0 aliphatic carbocycles. The Morgan fingerprint density at radius 1 is 0.571 bits per heavy atom. The van der Waals surface area contributed by atoms with E-state index in [9.17, 15) is 0 Å². The third-order valence-corrected chi connectivity index (χ3v) is 6.01. The summed E-state index contributed by atoms with van der Waals surface area (Å²) in [6.07, 6.45) is -2.38. The van der Waals surface area contributed by atoms with Gasteiger partial charge in [0.05, 0.1) is 26.4 Å². The zero-order chi connectivity index (χ0) is 24.3. The molecule has 5 unspecified atom stereocenters. The van der Waals surface area contributed by atoms with Crippen LogP contribution in [0.25, 0.3) is 0 Å². The fourth-order valence-corrected chi connectivity index (χ4v) is 4.23. The summed E-state index contributed by atoms with van der Waals surface area (Å²) in [6, 6.07) is 30.2. The van der Waals surface area contributed by atoms with Crippen LogP contribution in [0.4, 0.5) is 0 Å². The van der Waals surface area contributed by atoms with E-state index < -0.39 is 24.6 Å². The van der Waals surface area contributed by atoms with E-state index in [0.29, 0.717) is 26.4 Å². The molecule has 0 N–H and O–H groups in total. The van der Waals surface area contributed by atoms with E-state index in [1.165, 1.54) is 0 Å². The fraction of sp³-hybridized carbons (Fsp3) is 0.379. The van der Waals surface area contributed by atoms with Crippen molar-refractivity contribution in [3.05, 3.63) is 108 Å². The van der Waals surface area contributed by atoms with Gasteiger partial charge in [-0.2, -0.15) is 0 Å². The van der Waals surface area contributed by atoms with Crippen LogP contribution in [-0.2, 0) is 48.2 Å². The highest BCUT2D eigenvalue weighted by molar-refractivity contribution is 5.15. The van der Waals surface area contributed by atoms with Crippen molar-refractivity contribution in [2.45, 2.75) is 50.5 Å². The van der Waals surface area contributed by atoms with Crippen LogP contribution in [0.1, 0.15) is 16.7 Å². The lowest BCUT2D eigenvalue weighted by atomic mass is 9.98. The standard InChI is InChI=1S/C29H34O6/c1-30-21-25-26(32-18-22-12-6-3-7-13-22)27(33-19-23-14-8-4-9-15-23)28(29(31-2)35-25)34-20-24-16-10-5-11-17-24/h3-17,25-29H,18-21H2,1-2H3. The number of methoxy groups -OCH3 is 2. The van der Waals surface area contributed by atoms with Crippen LogP contribution < -0.4 is 0 Å². The lowest BCUT2D eigenvalue weighted by Gasteiger charge is -2.45. The van der Waals surface area contributed by atoms with Gasteiger partial charge >= 0.3 is 0 Å². The van der Waals surface area contributed by atoms with Crippen molar-refractivity contribution in [3.63, 3.8) is 0 Å². The van der Waals surface area contributed by atoms with Crippen LogP contribution in [0.15, 0.2) is 91.0 Å². The molecule has 1 heterocycles. The highest BCUT2D eigenvalue weighted by atomic mass is 16.7. The number of hydrogen-bond acceptors (Lipinski definition) is 6. The molecule has 4 rings (SSSR count). The smallest absolute Gasteiger partial charge is 0.186 e. The van der Waals surface area contributed by atoms with Crippen LogP contribution in [0.3, 0.4) is 0 Å². The first kappa shape index (κ1) is 25.5. The summed E-state index contributed by atoms with van der Waals surface area (Å²) < 4.78 is 36.8. The first-order valence-electron chi connectivity index (χ1n) is 11.9. The van der Waals surface area contributed by atoms with E-state index in [1.807, 2.05) is 91.0 Å². The topological polar surface area (TPSA) is 55.4 Å². The third kappa shape index (κ3) is 7.21. The van der Waals surface area contributed by atoms with Gasteiger partial charge in [0, 0.05) is 14.2 Å². The summed E-state index contributed by atoms with van der Waals surface area (Å²) in [5, 5.41) is 0. The first-order chi connectivity index (χ1) is 17.3. The molecular weight excluding hydrogens is 444 g/mol. The molecule has 3 aromatic carbocycles. The molecular formula is C29H34O6. The first-order valence-corrected chi connectivity index (χ1v) is 11.9. The Morgan fingerprint density at radius 2 is 1.00 bits per heavy atom. The van der Waals surface area contributed by atoms with E-state index >= 15 is 0 Å². The van der Waals surface area contributed by atoms with Crippen molar-refractivity contribution in [1.29, 1.82) is 0 Å². The van der Waals surface area contributed by atoms with Gasteiger partial charge < -0.3 is 28.4 Å². The minimum atomic E-state index is -0.629. The largest absolute Gasteiger partial charge is 0.382 e. The molecule has 0 radical (unpaired) electrons. The van der Waals surface area contributed by atoms with Gasteiger partial charge in [-0.1, -0.05) is 91.0 Å². The average molecular weight is 479 g/mol. The van der Waals surface area contributed by atoms with Crippen LogP contribution in [0, 0.1) is 0 Å². The maximum absolute atomic E-state index is 6.51. The van der Waals surface area contributed by atoms with Crippen LogP contribution >= 0.6 is 0 Å². The molecule has 6 heteroatoms. The summed E-state index contributed by atoms with van der Waals surface area (Å²) in [7, 11) is 3.27. The number of benzene rings is 3. The maximum Gasteiger partial charge on any atom is 0.186 e. The monoisotopic (exact) mass is 478 g/mol. The predicted octanol–water partition coefficient (Wildman–Crippen LogP) is 4.76. The average Bonchev–Trinajstić information content (AvgIpc) is 2.92. The SMILES string of the molecule is COCC1OC(OC)C(OCc2ccccc2)C(OCc2ccccc2)C1OCc1ccccc1. The molecule has 0 amide bonds. The summed E-state index contributed by atoms with van der Waals surface area (Å²) in [4.78, 5) is 0. The normalized spacial score (nSPS) is 24.3. The van der Waals surface area contributed by atoms with Crippen molar-refractivity contribution in [2.75, 3.05) is 20.8 Å². The van der Waals surface area contributed by atoms with Gasteiger partial charge in [-0.25, -0.2) is 0 Å². The van der Waals surface area contributed by atoms with Gasteiger partial charge in [0.1, 0.15) is 24.4 Å². The van der Waals surface area contributed by atoms with Gasteiger partial charge in [-0.15, -0.1) is 0 Å². The lowest BCUT2D eigenvalue weighted by Crippen LogP contribution is -2.61. The van der Waals surface area contributed by atoms with E-state index in [-0.39, 0.29) is 6.10 Å². The van der Waals surface area contributed by atoms with Crippen molar-refractivity contribution in [2.24, 2.45) is 0 Å². The summed E-state index contributed by atoms with van der Waals surface area (Å²) >= 11 is 0. The van der Waals surface area contributed by atoms with Gasteiger partial charge in [-0.05, 0) is 16.7 Å². The minimum absolute atomic E-state index is 0.343. The van der Waals surface area contributed by atoms with E-state index in [2.05, 4.69) is 0 Å². The van der Waals surface area contributed by atoms with Gasteiger partial charge in [-0.3, -0.25) is 0 Å². The molecule has 1 aliphatic heterocycles. The van der Waals surface area contributed by atoms with E-state index in [4.69, 9.17) is 28.4 Å². The Bertz CT molecular complexity index is 968. The Hall–Kier alpha value is -2.58. The maximum atomic E-state index is 6.51. The summed E-state index contributed by atoms with van der Waals surface area (Å²) in [5.41, 5.74) is 3.20. The molecule has 0 bridgehead atoms. The highest BCUT2D eigenvalue weighted by Gasteiger charge is 2.48. The zero-order valence-electron chi connectivity index (χ0n) is 20.3. The van der Waals surface area contributed by atoms with Crippen molar-refractivity contribution < 1.29 is 28.4 Å². The molecule has 3 aromatic rings. The molecule has 186 valence electrons. The molecule has 6 nitrogen and oxygen atoms in total. The minimum Gasteiger partial charge on any atom is -0.382 e. The number of rotatable bonds is 12.